The van der Waals surface area contributed by atoms with Crippen LogP contribution in [0.3, 0.4) is 0 Å². The van der Waals surface area contributed by atoms with Gasteiger partial charge < -0.3 is 15.1 Å². The van der Waals surface area contributed by atoms with Gasteiger partial charge in [-0.2, -0.15) is 0 Å². The molecule has 0 saturated carbocycles. The molecule has 1 aromatic heterocycles. The maximum absolute atomic E-state index is 12.6. The molecule has 0 spiro atoms. The summed E-state index contributed by atoms with van der Waals surface area (Å²) in [6.07, 6.45) is 2.70. The Labute approximate surface area is 147 Å². The van der Waals surface area contributed by atoms with Gasteiger partial charge in [0.25, 0.3) is 0 Å². The molecule has 0 aliphatic carbocycles. The number of nitrogens with zero attached hydrogens (tertiary/aromatic N) is 4. The first kappa shape index (κ1) is 15.9. The molecule has 1 N–H and O–H groups in total. The van der Waals surface area contributed by atoms with Gasteiger partial charge in [0.1, 0.15) is 12.1 Å². The molecule has 3 fully saturated rings. The zero-order chi connectivity index (χ0) is 17.6. The van der Waals surface area contributed by atoms with Gasteiger partial charge in [0.15, 0.2) is 0 Å². The smallest absolute Gasteiger partial charge is 0.322 e. The number of amides is 2. The third-order valence-electron chi connectivity index (χ3n) is 5.34. The summed E-state index contributed by atoms with van der Waals surface area (Å²) in [5.74, 6) is 1.00. The SMILES string of the molecule is Cc1ccc(NC(=O)N2C3CC2CN(c2ncnc(C)c2C)C3)cc1. The Balaban J connectivity index is 1.44. The van der Waals surface area contributed by atoms with Crippen LogP contribution in [0.15, 0.2) is 30.6 Å². The van der Waals surface area contributed by atoms with E-state index < -0.39 is 0 Å². The van der Waals surface area contributed by atoms with Gasteiger partial charge in [0.05, 0.1) is 12.1 Å². The Kier molecular flexibility index (Phi) is 3.82. The van der Waals surface area contributed by atoms with E-state index in [1.165, 1.54) is 5.56 Å². The number of piperazine rings is 1. The number of hydrogen-bond donors (Lipinski definition) is 1. The standard InChI is InChI=1S/C19H23N5O/c1-12-4-6-15(7-5-12)22-19(25)24-16-8-17(24)10-23(9-16)18-13(2)14(3)20-11-21-18/h4-7,11,16-17H,8-10H2,1-3H3,(H,22,25). The van der Waals surface area contributed by atoms with E-state index in [-0.39, 0.29) is 18.1 Å². The number of nitrogens with one attached hydrogen (secondary N) is 1. The number of urea groups is 1. The fourth-order valence-corrected chi connectivity index (χ4v) is 3.78. The third-order valence-corrected chi connectivity index (χ3v) is 5.34. The van der Waals surface area contributed by atoms with Crippen LogP contribution in [0.4, 0.5) is 16.3 Å². The lowest BCUT2D eigenvalue weighted by atomic mass is 9.87. The average Bonchev–Trinajstić information content (AvgIpc) is 2.59. The molecule has 3 aliphatic rings. The second kappa shape index (κ2) is 6.02. The molecule has 4 heterocycles. The summed E-state index contributed by atoms with van der Waals surface area (Å²) >= 11 is 0. The van der Waals surface area contributed by atoms with Crippen molar-refractivity contribution in [3.05, 3.63) is 47.4 Å². The van der Waals surface area contributed by atoms with Crippen molar-refractivity contribution < 1.29 is 4.79 Å². The Morgan fingerprint density at radius 1 is 1.08 bits per heavy atom. The molecule has 2 unspecified atom stereocenters. The van der Waals surface area contributed by atoms with Crippen molar-refractivity contribution in [2.24, 2.45) is 0 Å². The molecule has 6 heteroatoms. The number of rotatable bonds is 2. The lowest BCUT2D eigenvalue weighted by Gasteiger charge is -2.56. The number of benzene rings is 1. The van der Waals surface area contributed by atoms with E-state index in [0.29, 0.717) is 0 Å². The number of anilines is 2. The fraction of sp³-hybridized carbons (Fsp3) is 0.421. The summed E-state index contributed by atoms with van der Waals surface area (Å²) in [6.45, 7) is 7.76. The minimum Gasteiger partial charge on any atom is -0.352 e. The molecule has 25 heavy (non-hydrogen) atoms. The van der Waals surface area contributed by atoms with Gasteiger partial charge in [-0.1, -0.05) is 17.7 Å². The van der Waals surface area contributed by atoms with Crippen molar-refractivity contribution in [1.29, 1.82) is 0 Å². The Bertz CT molecular complexity index is 792. The van der Waals surface area contributed by atoms with E-state index in [9.17, 15) is 4.79 Å². The van der Waals surface area contributed by atoms with Crippen LogP contribution in [0, 0.1) is 20.8 Å². The van der Waals surface area contributed by atoms with Crippen molar-refractivity contribution >= 4 is 17.5 Å². The summed E-state index contributed by atoms with van der Waals surface area (Å²) in [6, 6.07) is 8.41. The van der Waals surface area contributed by atoms with Gasteiger partial charge in [-0.3, -0.25) is 0 Å². The Morgan fingerprint density at radius 2 is 1.76 bits per heavy atom. The molecule has 5 rings (SSSR count). The summed E-state index contributed by atoms with van der Waals surface area (Å²) in [5, 5.41) is 3.02. The zero-order valence-corrected chi connectivity index (χ0v) is 14.9. The van der Waals surface area contributed by atoms with Crippen LogP contribution in [-0.4, -0.2) is 46.1 Å². The van der Waals surface area contributed by atoms with E-state index in [1.807, 2.05) is 43.0 Å². The molecule has 2 aromatic rings. The van der Waals surface area contributed by atoms with E-state index in [2.05, 4.69) is 27.1 Å². The van der Waals surface area contributed by atoms with Gasteiger partial charge in [-0.15, -0.1) is 0 Å². The van der Waals surface area contributed by atoms with E-state index in [1.54, 1.807) is 6.33 Å². The first-order chi connectivity index (χ1) is 12.0. The summed E-state index contributed by atoms with van der Waals surface area (Å²) in [5.41, 5.74) is 4.17. The normalized spacial score (nSPS) is 21.7. The van der Waals surface area contributed by atoms with Crippen LogP contribution < -0.4 is 10.2 Å². The molecule has 2 atom stereocenters. The van der Waals surface area contributed by atoms with Crippen molar-refractivity contribution in [3.63, 3.8) is 0 Å². The van der Waals surface area contributed by atoms with Gasteiger partial charge in [-0.25, -0.2) is 14.8 Å². The number of carbonyl (C=O) groups excluding carboxylic acids is 1. The second-order valence-corrected chi connectivity index (χ2v) is 7.06. The lowest BCUT2D eigenvalue weighted by Crippen LogP contribution is -2.71. The lowest BCUT2D eigenvalue weighted by molar-refractivity contribution is 0.0436. The summed E-state index contributed by atoms with van der Waals surface area (Å²) in [7, 11) is 0. The molecular weight excluding hydrogens is 314 g/mol. The fourth-order valence-electron chi connectivity index (χ4n) is 3.78. The highest BCUT2D eigenvalue weighted by atomic mass is 16.2. The van der Waals surface area contributed by atoms with E-state index >= 15 is 0 Å². The number of carbonyl (C=O) groups is 1. The predicted molar refractivity (Wildman–Crippen MR) is 97.9 cm³/mol. The van der Waals surface area contributed by atoms with Crippen molar-refractivity contribution in [3.8, 4) is 0 Å². The second-order valence-electron chi connectivity index (χ2n) is 7.06. The summed E-state index contributed by atoms with van der Waals surface area (Å²) < 4.78 is 0. The zero-order valence-electron chi connectivity index (χ0n) is 14.9. The van der Waals surface area contributed by atoms with Crippen LogP contribution in [0.1, 0.15) is 23.2 Å². The monoisotopic (exact) mass is 337 g/mol. The summed E-state index contributed by atoms with van der Waals surface area (Å²) in [4.78, 5) is 25.6. The van der Waals surface area contributed by atoms with E-state index in [4.69, 9.17) is 0 Å². The van der Waals surface area contributed by atoms with Gasteiger partial charge in [-0.05, 0) is 39.3 Å². The molecule has 0 radical (unpaired) electrons. The first-order valence-electron chi connectivity index (χ1n) is 8.72. The maximum Gasteiger partial charge on any atom is 0.322 e. The van der Waals surface area contributed by atoms with Gasteiger partial charge in [0, 0.05) is 30.0 Å². The highest BCUT2D eigenvalue weighted by molar-refractivity contribution is 5.90. The van der Waals surface area contributed by atoms with Crippen LogP contribution in [0.5, 0.6) is 0 Å². The van der Waals surface area contributed by atoms with Crippen LogP contribution in [0.2, 0.25) is 0 Å². The van der Waals surface area contributed by atoms with Crippen molar-refractivity contribution in [2.45, 2.75) is 39.3 Å². The number of fused-ring (bicyclic) bond motifs is 2. The topological polar surface area (TPSA) is 61.4 Å². The minimum absolute atomic E-state index is 0.000318. The maximum atomic E-state index is 12.6. The molecule has 3 saturated heterocycles. The van der Waals surface area contributed by atoms with Crippen LogP contribution in [0.25, 0.3) is 0 Å². The first-order valence-corrected chi connectivity index (χ1v) is 8.72. The molecular formula is C19H23N5O. The largest absolute Gasteiger partial charge is 0.352 e. The van der Waals surface area contributed by atoms with Crippen LogP contribution >= 0.6 is 0 Å². The van der Waals surface area contributed by atoms with Crippen molar-refractivity contribution in [2.75, 3.05) is 23.3 Å². The van der Waals surface area contributed by atoms with Gasteiger partial charge in [0.2, 0.25) is 0 Å². The number of aryl methyl sites for hydroxylation is 2. The Hall–Kier alpha value is -2.63. The quantitative estimate of drug-likeness (QED) is 0.915. The van der Waals surface area contributed by atoms with Crippen LogP contribution in [-0.2, 0) is 0 Å². The number of piperidine rings is 1. The highest BCUT2D eigenvalue weighted by Gasteiger charge is 2.47. The molecule has 6 nitrogen and oxygen atoms in total. The molecule has 1 aromatic carbocycles. The van der Waals surface area contributed by atoms with E-state index in [0.717, 1.165) is 42.3 Å². The van der Waals surface area contributed by atoms with Gasteiger partial charge >= 0.3 is 6.03 Å². The molecule has 3 aliphatic heterocycles. The minimum atomic E-state index is 0.000318. The number of aromatic nitrogens is 2. The highest BCUT2D eigenvalue weighted by Crippen LogP contribution is 2.35. The predicted octanol–water partition coefficient (Wildman–Crippen LogP) is 2.90. The molecule has 2 amide bonds. The average molecular weight is 337 g/mol. The third kappa shape index (κ3) is 2.81. The molecule has 2 bridgehead atoms. The van der Waals surface area contributed by atoms with Crippen molar-refractivity contribution in [1.82, 2.24) is 14.9 Å². The number of hydrogen-bond acceptors (Lipinski definition) is 4. The molecule has 130 valence electrons. The Morgan fingerprint density at radius 3 is 2.44 bits per heavy atom.